The summed E-state index contributed by atoms with van der Waals surface area (Å²) in [6, 6.07) is 14.0. The van der Waals surface area contributed by atoms with Crippen LogP contribution < -0.4 is 5.32 Å². The summed E-state index contributed by atoms with van der Waals surface area (Å²) in [6.45, 7) is 2.31. The van der Waals surface area contributed by atoms with Gasteiger partial charge in [-0.25, -0.2) is 0 Å². The number of ether oxygens (including phenoxy) is 1. The quantitative estimate of drug-likeness (QED) is 0.250. The number of hydrogen-bond acceptors (Lipinski definition) is 8. The highest BCUT2D eigenvalue weighted by Crippen LogP contribution is 2.23. The van der Waals surface area contributed by atoms with Gasteiger partial charge >= 0.3 is 5.97 Å². The molecule has 0 unspecified atom stereocenters. The number of rotatable bonds is 9. The first-order valence-electron chi connectivity index (χ1n) is 9.05. The molecule has 0 bridgehead atoms. The molecule has 0 amide bonds. The first kappa shape index (κ1) is 20.0. The summed E-state index contributed by atoms with van der Waals surface area (Å²) in [4.78, 5) is 26.6. The Morgan fingerprint density at radius 2 is 1.97 bits per heavy atom. The Labute approximate surface area is 166 Å². The Morgan fingerprint density at radius 1 is 1.21 bits per heavy atom. The van der Waals surface area contributed by atoms with E-state index in [4.69, 9.17) is 9.26 Å². The first-order chi connectivity index (χ1) is 14.0. The minimum absolute atomic E-state index is 0.00318. The normalized spacial score (nSPS) is 10.5. The number of carbonyl (C=O) groups is 1. The second kappa shape index (κ2) is 9.45. The van der Waals surface area contributed by atoms with Gasteiger partial charge in [-0.05, 0) is 31.5 Å². The van der Waals surface area contributed by atoms with Crippen molar-refractivity contribution in [3.63, 3.8) is 0 Å². The molecule has 0 saturated carbocycles. The Hall–Kier alpha value is -3.75. The molecule has 0 fully saturated rings. The third-order valence-corrected chi connectivity index (χ3v) is 4.10. The van der Waals surface area contributed by atoms with Crippen molar-refractivity contribution in [2.24, 2.45) is 0 Å². The van der Waals surface area contributed by atoms with Crippen LogP contribution in [0.15, 0.2) is 53.1 Å². The van der Waals surface area contributed by atoms with E-state index in [1.54, 1.807) is 18.2 Å². The maximum absolute atomic E-state index is 11.9. The third-order valence-electron chi connectivity index (χ3n) is 4.10. The molecule has 1 heterocycles. The van der Waals surface area contributed by atoms with Crippen molar-refractivity contribution in [1.29, 1.82) is 0 Å². The summed E-state index contributed by atoms with van der Waals surface area (Å²) in [5.74, 6) is 0.243. The van der Waals surface area contributed by atoms with E-state index in [9.17, 15) is 14.9 Å². The lowest BCUT2D eigenvalue weighted by Gasteiger charge is -2.06. The molecule has 1 N–H and O–H groups in total. The van der Waals surface area contributed by atoms with Gasteiger partial charge in [0.2, 0.25) is 5.82 Å². The fourth-order valence-corrected chi connectivity index (χ4v) is 2.58. The lowest BCUT2D eigenvalue weighted by Crippen LogP contribution is -2.09. The molecule has 3 aromatic rings. The molecule has 0 aliphatic heterocycles. The largest absolute Gasteiger partial charge is 0.457 e. The minimum Gasteiger partial charge on any atom is -0.457 e. The molecular formula is C20H20N4O5. The van der Waals surface area contributed by atoms with Gasteiger partial charge in [0.05, 0.1) is 4.92 Å². The lowest BCUT2D eigenvalue weighted by molar-refractivity contribution is -0.384. The van der Waals surface area contributed by atoms with Crippen molar-refractivity contribution >= 4 is 17.3 Å². The summed E-state index contributed by atoms with van der Waals surface area (Å²) in [5, 5.41) is 17.7. The van der Waals surface area contributed by atoms with Gasteiger partial charge in [0.25, 0.3) is 11.6 Å². The van der Waals surface area contributed by atoms with Gasteiger partial charge in [0, 0.05) is 24.6 Å². The van der Waals surface area contributed by atoms with Crippen molar-refractivity contribution in [3.05, 3.63) is 70.0 Å². The molecule has 0 radical (unpaired) electrons. The zero-order valence-corrected chi connectivity index (χ0v) is 15.8. The number of aryl methyl sites for hydroxylation is 1. The van der Waals surface area contributed by atoms with Crippen molar-refractivity contribution < 1.29 is 19.0 Å². The van der Waals surface area contributed by atoms with Crippen LogP contribution >= 0.6 is 0 Å². The number of benzene rings is 2. The molecule has 29 heavy (non-hydrogen) atoms. The molecule has 150 valence electrons. The minimum atomic E-state index is -0.452. The molecule has 1 aromatic heterocycles. The molecule has 0 saturated heterocycles. The van der Waals surface area contributed by atoms with E-state index in [2.05, 4.69) is 15.5 Å². The zero-order valence-electron chi connectivity index (χ0n) is 15.8. The van der Waals surface area contributed by atoms with Crippen LogP contribution in [0.4, 0.5) is 11.4 Å². The summed E-state index contributed by atoms with van der Waals surface area (Å²) in [5.41, 5.74) is 2.33. The van der Waals surface area contributed by atoms with Crippen LogP contribution in [0.2, 0.25) is 0 Å². The summed E-state index contributed by atoms with van der Waals surface area (Å²) >= 11 is 0. The molecule has 2 aromatic carbocycles. The topological polar surface area (TPSA) is 120 Å². The predicted octanol–water partition coefficient (Wildman–Crippen LogP) is 3.89. The van der Waals surface area contributed by atoms with Crippen LogP contribution in [0, 0.1) is 17.0 Å². The average Bonchev–Trinajstić information content (AvgIpc) is 3.19. The molecule has 0 aliphatic rings. The number of nitrogens with zero attached hydrogens (tertiary/aromatic N) is 3. The summed E-state index contributed by atoms with van der Waals surface area (Å²) in [7, 11) is 0. The summed E-state index contributed by atoms with van der Waals surface area (Å²) in [6.07, 6.45) is 0.627. The van der Waals surface area contributed by atoms with Crippen molar-refractivity contribution in [2.75, 3.05) is 11.9 Å². The number of esters is 1. The van der Waals surface area contributed by atoms with E-state index in [-0.39, 0.29) is 24.5 Å². The predicted molar refractivity (Wildman–Crippen MR) is 105 cm³/mol. The second-order valence-corrected chi connectivity index (χ2v) is 6.35. The maximum Gasteiger partial charge on any atom is 0.306 e. The van der Waals surface area contributed by atoms with Gasteiger partial charge in [-0.1, -0.05) is 35.0 Å². The molecule has 0 spiro atoms. The number of hydrogen-bond donors (Lipinski definition) is 1. The van der Waals surface area contributed by atoms with Crippen molar-refractivity contribution in [2.45, 2.75) is 26.4 Å². The molecule has 9 nitrogen and oxygen atoms in total. The number of nitro groups is 1. The van der Waals surface area contributed by atoms with E-state index in [0.29, 0.717) is 24.5 Å². The Bertz CT molecular complexity index is 985. The highest BCUT2D eigenvalue weighted by molar-refractivity contribution is 5.69. The van der Waals surface area contributed by atoms with Gasteiger partial charge < -0.3 is 14.6 Å². The Kier molecular flexibility index (Phi) is 6.51. The molecule has 3 rings (SSSR count). The van der Waals surface area contributed by atoms with E-state index >= 15 is 0 Å². The lowest BCUT2D eigenvalue weighted by atomic mass is 10.1. The zero-order chi connectivity index (χ0) is 20.6. The second-order valence-electron chi connectivity index (χ2n) is 6.35. The number of carbonyl (C=O) groups excluding carboxylic acids is 1. The molecular weight excluding hydrogens is 376 g/mol. The van der Waals surface area contributed by atoms with Crippen molar-refractivity contribution in [3.8, 4) is 11.5 Å². The first-order valence-corrected chi connectivity index (χ1v) is 9.05. The maximum atomic E-state index is 11.9. The number of nitrogens with one attached hydrogen (secondary N) is 1. The van der Waals surface area contributed by atoms with Gasteiger partial charge in [0.1, 0.15) is 5.69 Å². The van der Waals surface area contributed by atoms with Gasteiger partial charge in [-0.3, -0.25) is 14.9 Å². The van der Waals surface area contributed by atoms with Gasteiger partial charge in [-0.2, -0.15) is 4.98 Å². The monoisotopic (exact) mass is 396 g/mol. The highest BCUT2D eigenvalue weighted by Gasteiger charge is 2.13. The van der Waals surface area contributed by atoms with Crippen molar-refractivity contribution in [1.82, 2.24) is 10.1 Å². The van der Waals surface area contributed by atoms with Crippen LogP contribution in [0.1, 0.15) is 24.2 Å². The molecule has 0 atom stereocenters. The molecule has 0 aliphatic carbocycles. The van der Waals surface area contributed by atoms with Gasteiger partial charge in [0.15, 0.2) is 6.61 Å². The third kappa shape index (κ3) is 5.61. The Balaban J connectivity index is 1.41. The SMILES string of the molecule is Cc1ccc(-c2nc(COC(=O)CCCNc3ccccc3[N+](=O)[O-])no2)cc1. The van der Waals surface area contributed by atoms with Crippen LogP contribution in [0.5, 0.6) is 0 Å². The smallest absolute Gasteiger partial charge is 0.306 e. The van der Waals surface area contributed by atoms with Crippen LogP contribution in [0.25, 0.3) is 11.5 Å². The van der Waals surface area contributed by atoms with E-state index in [1.807, 2.05) is 31.2 Å². The number of nitro benzene ring substituents is 1. The van der Waals surface area contributed by atoms with Crippen LogP contribution in [0.3, 0.4) is 0 Å². The number of anilines is 1. The van der Waals surface area contributed by atoms with Crippen LogP contribution in [-0.2, 0) is 16.1 Å². The van der Waals surface area contributed by atoms with Crippen LogP contribution in [-0.4, -0.2) is 27.6 Å². The number of para-hydroxylation sites is 2. The standard InChI is InChI=1S/C20H20N4O5/c1-14-8-10-15(11-9-14)20-22-18(23-29-20)13-28-19(25)7-4-12-21-16-5-2-3-6-17(16)24(26)27/h2-3,5-6,8-11,21H,4,7,12-13H2,1H3. The van der Waals surface area contributed by atoms with E-state index in [0.717, 1.165) is 11.1 Å². The highest BCUT2D eigenvalue weighted by atomic mass is 16.6. The van der Waals surface area contributed by atoms with Gasteiger partial charge in [-0.15, -0.1) is 0 Å². The fraction of sp³-hybridized carbons (Fsp3) is 0.250. The molecule has 9 heteroatoms. The average molecular weight is 396 g/mol. The Morgan fingerprint density at radius 3 is 2.72 bits per heavy atom. The number of aromatic nitrogens is 2. The van der Waals surface area contributed by atoms with E-state index < -0.39 is 10.9 Å². The summed E-state index contributed by atoms with van der Waals surface area (Å²) < 4.78 is 10.3. The van der Waals surface area contributed by atoms with E-state index in [1.165, 1.54) is 6.07 Å². The fourth-order valence-electron chi connectivity index (χ4n) is 2.58.